The van der Waals surface area contributed by atoms with Crippen molar-refractivity contribution in [3.05, 3.63) is 12.2 Å². The molecule has 0 saturated heterocycles. The Bertz CT molecular complexity index is 1260. The zero-order valence-electron chi connectivity index (χ0n) is 34.6. The molecular weight excluding hydrogens is 637 g/mol. The van der Waals surface area contributed by atoms with Gasteiger partial charge in [0.2, 0.25) is 0 Å². The number of rotatable bonds is 9. The topological polar surface area (TPSA) is 55.8 Å². The maximum atomic E-state index is 12.1. The van der Waals surface area contributed by atoms with Gasteiger partial charge in [0.1, 0.15) is 0 Å². The van der Waals surface area contributed by atoms with Crippen molar-refractivity contribution in [3.63, 3.8) is 0 Å². The van der Waals surface area contributed by atoms with Crippen LogP contribution in [0.25, 0.3) is 0 Å². The van der Waals surface area contributed by atoms with Crippen LogP contribution in [0.1, 0.15) is 146 Å². The zero-order valence-corrected chi connectivity index (χ0v) is 36.6. The lowest BCUT2D eigenvalue weighted by molar-refractivity contribution is -0.221. The van der Waals surface area contributed by atoms with Gasteiger partial charge >= 0.3 is 5.97 Å². The first-order chi connectivity index (χ1) is 22.3. The van der Waals surface area contributed by atoms with Crippen molar-refractivity contribution in [2.45, 2.75) is 189 Å². The van der Waals surface area contributed by atoms with E-state index in [-0.39, 0.29) is 33.0 Å². The molecule has 0 aromatic rings. The molecule has 0 radical (unpaired) electrons. The van der Waals surface area contributed by atoms with E-state index < -0.39 is 16.6 Å². The molecule has 11 atom stereocenters. The Balaban J connectivity index is 1.49. The largest absolute Gasteiger partial charge is 0.465 e. The van der Waals surface area contributed by atoms with E-state index in [1.54, 1.807) is 6.92 Å². The molecule has 5 rings (SSSR count). The highest BCUT2D eigenvalue weighted by Crippen LogP contribution is 2.74. The Kier molecular flexibility index (Phi) is 10.4. The molecule has 0 spiro atoms. The minimum atomic E-state index is -2.33. The fourth-order valence-corrected chi connectivity index (χ4v) is 15.4. The average molecular weight is 715 g/mol. The van der Waals surface area contributed by atoms with Crippen LogP contribution in [0.5, 0.6) is 0 Å². The molecule has 0 aromatic heterocycles. The van der Waals surface area contributed by atoms with E-state index in [1.807, 2.05) is 0 Å². The molecule has 0 amide bonds. The molecule has 5 fully saturated rings. The summed E-state index contributed by atoms with van der Waals surface area (Å²) in [6.45, 7) is 38.2. The smallest absolute Gasteiger partial charge is 0.302 e. The molecule has 49 heavy (non-hydrogen) atoms. The van der Waals surface area contributed by atoms with Crippen molar-refractivity contribution < 1.29 is 18.8 Å². The molecule has 6 unspecified atom stereocenters. The first kappa shape index (κ1) is 39.8. The summed E-state index contributed by atoms with van der Waals surface area (Å²) in [5, 5.41) is 0.152. The van der Waals surface area contributed by atoms with E-state index >= 15 is 0 Å². The van der Waals surface area contributed by atoms with Crippen LogP contribution < -0.4 is 0 Å². The van der Waals surface area contributed by atoms with Crippen LogP contribution in [-0.4, -0.2) is 40.1 Å². The van der Waals surface area contributed by atoms with Gasteiger partial charge < -0.3 is 14.0 Å². The van der Waals surface area contributed by atoms with Gasteiger partial charge in [-0.3, -0.25) is 4.79 Å². The van der Waals surface area contributed by atoms with Gasteiger partial charge in [0.25, 0.3) is 0 Å². The second kappa shape index (κ2) is 12.9. The molecule has 0 heterocycles. The number of hydrogen-bond donors (Lipinski definition) is 1. The van der Waals surface area contributed by atoms with Crippen LogP contribution in [0.3, 0.4) is 0 Å². The molecule has 0 bridgehead atoms. The van der Waals surface area contributed by atoms with Gasteiger partial charge in [0, 0.05) is 12.3 Å². The third-order valence-electron chi connectivity index (χ3n) is 17.9. The van der Waals surface area contributed by atoms with Gasteiger partial charge in [-0.05, 0) is 172 Å². The first-order valence-corrected chi connectivity index (χ1v) is 26.3. The van der Waals surface area contributed by atoms with Crippen LogP contribution in [-0.2, 0) is 14.0 Å². The van der Waals surface area contributed by atoms with E-state index in [1.165, 1.54) is 69.8 Å². The monoisotopic (exact) mass is 715 g/mol. The molecule has 4 nitrogen and oxygen atoms in total. The highest BCUT2D eigenvalue weighted by Gasteiger charge is 2.68. The van der Waals surface area contributed by atoms with Gasteiger partial charge in [0.15, 0.2) is 16.6 Å². The summed E-state index contributed by atoms with van der Waals surface area (Å²) in [5.74, 6) is 3.85. The van der Waals surface area contributed by atoms with Gasteiger partial charge in [-0.1, -0.05) is 67.5 Å². The van der Waals surface area contributed by atoms with Gasteiger partial charge in [-0.15, -0.1) is 0 Å². The van der Waals surface area contributed by atoms with Crippen molar-refractivity contribution in [2.24, 2.45) is 57.2 Å². The molecule has 5 saturated carbocycles. The number of ether oxygens (including phenoxy) is 1. The number of fused-ring (bicyclic) bond motifs is 7. The summed E-state index contributed by atoms with van der Waals surface area (Å²) in [6.07, 6.45) is 15.1. The quantitative estimate of drug-likeness (QED) is 0.147. The predicted molar refractivity (Wildman–Crippen MR) is 210 cm³/mol. The fraction of sp³-hybridized carbons (Fsp3) is 0.930. The molecule has 5 aliphatic carbocycles. The van der Waals surface area contributed by atoms with Gasteiger partial charge in [-0.2, -0.15) is 0 Å². The Labute approximate surface area is 305 Å². The third kappa shape index (κ3) is 6.57. The van der Waals surface area contributed by atoms with E-state index in [9.17, 15) is 9.59 Å². The van der Waals surface area contributed by atoms with Crippen LogP contribution in [0.15, 0.2) is 12.2 Å². The Morgan fingerprint density at radius 1 is 0.837 bits per heavy atom. The van der Waals surface area contributed by atoms with Crippen molar-refractivity contribution in [1.29, 1.82) is 0 Å². The highest BCUT2D eigenvalue weighted by atomic mass is 28.4. The SMILES string of the molecule is C=C(C)C1CC[C@]2(COC(C)=O)CCC3C(CCC4[C@@]3(C)CCC3[C@]4(C)CC[C@H](O[Si](C)(C)C(C)(C)C)[C@@]3(C)CCC(C)(C)[Si](C)(C)O)C12. The average Bonchev–Trinajstić information content (AvgIpc) is 3.36. The predicted octanol–water partition coefficient (Wildman–Crippen LogP) is 11.9. The molecule has 0 aliphatic heterocycles. The van der Waals surface area contributed by atoms with Crippen LogP contribution in [0, 0.1) is 57.2 Å². The Morgan fingerprint density at radius 2 is 1.45 bits per heavy atom. The third-order valence-corrected chi connectivity index (χ3v) is 25.9. The first-order valence-electron chi connectivity index (χ1n) is 20.4. The standard InChI is InChI=1S/C43H78O4Si2/c1-29(2)31-18-24-43(28-46-30(3)44)25-19-33-32(37(31)43)16-17-34-40(33,9)22-20-35-41(34,10)23-21-36(47-49(14,15)38(4,5)6)42(35,11)27-26-39(7,8)48(12,13)45/h31-37,45H,1,16-28H2,2-15H3/t31?,32?,33?,34?,35?,36-,37?,40-,41+,42-,43+/m0/s1. The number of carbonyl (C=O) groups is 1. The van der Waals surface area contributed by atoms with Crippen LogP contribution in [0.2, 0.25) is 36.3 Å². The summed E-state index contributed by atoms with van der Waals surface area (Å²) in [6, 6.07) is 0. The van der Waals surface area contributed by atoms with Crippen molar-refractivity contribution in [3.8, 4) is 0 Å². The minimum Gasteiger partial charge on any atom is -0.465 e. The van der Waals surface area contributed by atoms with E-state index in [4.69, 9.17) is 9.16 Å². The molecule has 282 valence electrons. The number of hydrogen-bond acceptors (Lipinski definition) is 4. The van der Waals surface area contributed by atoms with Gasteiger partial charge in [-0.25, -0.2) is 0 Å². The maximum Gasteiger partial charge on any atom is 0.302 e. The van der Waals surface area contributed by atoms with Crippen molar-refractivity contribution >= 4 is 22.6 Å². The summed E-state index contributed by atoms with van der Waals surface area (Å²) in [5.41, 5.74) is 2.23. The van der Waals surface area contributed by atoms with E-state index in [0.29, 0.717) is 41.1 Å². The molecular formula is C43H78O4Si2. The Hall–Kier alpha value is -0.436. The number of esters is 1. The molecule has 0 aromatic carbocycles. The lowest BCUT2D eigenvalue weighted by Crippen LogP contribution is -2.65. The zero-order chi connectivity index (χ0) is 36.8. The van der Waals surface area contributed by atoms with Crippen molar-refractivity contribution in [2.75, 3.05) is 6.61 Å². The lowest BCUT2D eigenvalue weighted by Gasteiger charge is -2.70. The maximum absolute atomic E-state index is 12.1. The number of carbonyl (C=O) groups excluding carboxylic acids is 1. The minimum absolute atomic E-state index is 0.0333. The van der Waals surface area contributed by atoms with E-state index in [2.05, 4.69) is 95.1 Å². The van der Waals surface area contributed by atoms with Crippen LogP contribution >= 0.6 is 0 Å². The lowest BCUT2D eigenvalue weighted by atomic mass is 9.35. The van der Waals surface area contributed by atoms with Crippen molar-refractivity contribution in [1.82, 2.24) is 0 Å². The van der Waals surface area contributed by atoms with E-state index in [0.717, 1.165) is 24.7 Å². The summed E-state index contributed by atoms with van der Waals surface area (Å²) >= 11 is 0. The second-order valence-corrected chi connectivity index (χ2v) is 31.3. The van der Waals surface area contributed by atoms with Gasteiger partial charge in [0.05, 0.1) is 12.7 Å². The summed E-state index contributed by atoms with van der Waals surface area (Å²) < 4.78 is 13.4. The normalized spacial score (nSPS) is 42.8. The fourth-order valence-electron chi connectivity index (χ4n) is 13.2. The summed E-state index contributed by atoms with van der Waals surface area (Å²) in [7, 11) is -4.31. The summed E-state index contributed by atoms with van der Waals surface area (Å²) in [4.78, 5) is 23.5. The van der Waals surface area contributed by atoms with Crippen LogP contribution in [0.4, 0.5) is 0 Å². The number of allylic oxidation sites excluding steroid dienone is 1. The molecule has 1 N–H and O–H groups in total. The molecule has 5 aliphatic rings. The molecule has 6 heteroatoms. The highest BCUT2D eigenvalue weighted by molar-refractivity contribution is 6.74. The second-order valence-electron chi connectivity index (χ2n) is 22.1. The Morgan fingerprint density at radius 3 is 2.02 bits per heavy atom.